The van der Waals surface area contributed by atoms with E-state index in [1.165, 1.54) is 0 Å². The normalized spacial score (nSPS) is 12.0. The van der Waals surface area contributed by atoms with Crippen molar-refractivity contribution in [3.8, 4) is 5.75 Å². The molecule has 0 spiro atoms. The van der Waals surface area contributed by atoms with Crippen LogP contribution < -0.4 is 5.63 Å². The predicted octanol–water partition coefficient (Wildman–Crippen LogP) is 3.69. The first kappa shape index (κ1) is 16.5. The molecule has 0 saturated carbocycles. The molecule has 1 heterocycles. The predicted molar refractivity (Wildman–Crippen MR) is 99.6 cm³/mol. The van der Waals surface area contributed by atoms with Gasteiger partial charge in [0.1, 0.15) is 16.9 Å². The monoisotopic (exact) mass is 334 g/mol. The highest BCUT2D eigenvalue weighted by molar-refractivity contribution is 6.13. The summed E-state index contributed by atoms with van der Waals surface area (Å²) in [5.74, 6) is -0.134. The first-order valence-corrected chi connectivity index (χ1v) is 7.80. The molecule has 0 atom stereocenters. The SMILES string of the molecule is CN(C)/C=C/C(=Nc1ccccc1)c1c(O)c2ccccc2oc1=O. The standard InChI is InChI=1S/C20H18N2O3/c1-22(2)13-12-16(21-14-8-4-3-5-9-14)18-19(23)15-10-6-7-11-17(15)25-20(18)24/h3-13,23H,1-2H3/b13-12+,21-16?. The lowest BCUT2D eigenvalue weighted by atomic mass is 10.1. The van der Waals surface area contributed by atoms with Gasteiger partial charge in [-0.15, -0.1) is 0 Å². The Labute approximate surface area is 145 Å². The van der Waals surface area contributed by atoms with Crippen molar-refractivity contribution in [2.75, 3.05) is 14.1 Å². The van der Waals surface area contributed by atoms with Crippen LogP contribution in [0, 0.1) is 0 Å². The van der Waals surface area contributed by atoms with Gasteiger partial charge in [-0.2, -0.15) is 0 Å². The van der Waals surface area contributed by atoms with E-state index in [1.54, 1.807) is 36.5 Å². The lowest BCUT2D eigenvalue weighted by Crippen LogP contribution is -2.14. The van der Waals surface area contributed by atoms with Gasteiger partial charge in [-0.3, -0.25) is 0 Å². The van der Waals surface area contributed by atoms with Crippen molar-refractivity contribution >= 4 is 22.4 Å². The molecule has 0 aliphatic heterocycles. The molecule has 2 aromatic carbocycles. The number of nitrogens with zero attached hydrogens (tertiary/aromatic N) is 2. The third-order valence-electron chi connectivity index (χ3n) is 3.58. The van der Waals surface area contributed by atoms with Crippen molar-refractivity contribution in [2.45, 2.75) is 0 Å². The fraction of sp³-hybridized carbons (Fsp3) is 0.100. The van der Waals surface area contributed by atoms with E-state index in [0.717, 1.165) is 0 Å². The summed E-state index contributed by atoms with van der Waals surface area (Å²) in [5.41, 5.74) is 0.754. The maximum Gasteiger partial charge on any atom is 0.349 e. The second-order valence-corrected chi connectivity index (χ2v) is 5.72. The minimum atomic E-state index is -0.630. The third kappa shape index (κ3) is 3.61. The minimum Gasteiger partial charge on any atom is -0.506 e. The first-order valence-electron chi connectivity index (χ1n) is 7.80. The van der Waals surface area contributed by atoms with E-state index in [4.69, 9.17) is 4.42 Å². The lowest BCUT2D eigenvalue weighted by molar-refractivity contribution is 0.466. The summed E-state index contributed by atoms with van der Waals surface area (Å²) in [6, 6.07) is 16.1. The Hall–Kier alpha value is -3.34. The Morgan fingerprint density at radius 1 is 1.08 bits per heavy atom. The summed E-state index contributed by atoms with van der Waals surface area (Å²) in [4.78, 5) is 18.8. The van der Waals surface area contributed by atoms with Crippen LogP contribution in [0.2, 0.25) is 0 Å². The molecule has 0 aliphatic rings. The molecule has 5 heteroatoms. The molecule has 25 heavy (non-hydrogen) atoms. The number of hydrogen-bond acceptors (Lipinski definition) is 5. The summed E-state index contributed by atoms with van der Waals surface area (Å²) in [6.45, 7) is 0. The summed E-state index contributed by atoms with van der Waals surface area (Å²) in [7, 11) is 3.72. The van der Waals surface area contributed by atoms with Gasteiger partial charge in [0.05, 0.1) is 16.8 Å². The van der Waals surface area contributed by atoms with Crippen LogP contribution in [0.5, 0.6) is 5.75 Å². The Bertz CT molecular complexity index is 1000. The molecule has 0 amide bonds. The Kier molecular flexibility index (Phi) is 4.66. The fourth-order valence-electron chi connectivity index (χ4n) is 2.40. The smallest absolute Gasteiger partial charge is 0.349 e. The van der Waals surface area contributed by atoms with Crippen LogP contribution in [-0.4, -0.2) is 29.8 Å². The molecule has 1 N–H and O–H groups in total. The fourth-order valence-corrected chi connectivity index (χ4v) is 2.40. The molecule has 0 bridgehead atoms. The van der Waals surface area contributed by atoms with E-state index < -0.39 is 5.63 Å². The van der Waals surface area contributed by atoms with E-state index in [0.29, 0.717) is 22.4 Å². The van der Waals surface area contributed by atoms with Crippen molar-refractivity contribution < 1.29 is 9.52 Å². The highest BCUT2D eigenvalue weighted by atomic mass is 16.4. The van der Waals surface area contributed by atoms with Crippen LogP contribution in [-0.2, 0) is 0 Å². The van der Waals surface area contributed by atoms with Gasteiger partial charge < -0.3 is 14.4 Å². The topological polar surface area (TPSA) is 66.0 Å². The van der Waals surface area contributed by atoms with Crippen molar-refractivity contribution in [2.24, 2.45) is 4.99 Å². The summed E-state index contributed by atoms with van der Waals surface area (Å²) in [5, 5.41) is 11.1. The zero-order chi connectivity index (χ0) is 17.8. The van der Waals surface area contributed by atoms with Crippen molar-refractivity contribution in [1.82, 2.24) is 4.90 Å². The maximum absolute atomic E-state index is 12.5. The number of allylic oxidation sites excluding steroid dienone is 1. The molecule has 0 radical (unpaired) electrons. The van der Waals surface area contributed by atoms with Gasteiger partial charge in [0.15, 0.2) is 0 Å². The Morgan fingerprint density at radius 2 is 1.76 bits per heavy atom. The Morgan fingerprint density at radius 3 is 2.48 bits per heavy atom. The molecular formula is C20H18N2O3. The van der Waals surface area contributed by atoms with Crippen molar-refractivity contribution in [3.05, 3.63) is 82.9 Å². The Balaban J connectivity index is 2.25. The molecule has 0 saturated heterocycles. The van der Waals surface area contributed by atoms with E-state index in [1.807, 2.05) is 49.3 Å². The van der Waals surface area contributed by atoms with E-state index in [-0.39, 0.29) is 11.3 Å². The average molecular weight is 334 g/mol. The van der Waals surface area contributed by atoms with Crippen LogP contribution in [0.25, 0.3) is 11.0 Å². The second-order valence-electron chi connectivity index (χ2n) is 5.72. The number of hydrogen-bond donors (Lipinski definition) is 1. The highest BCUT2D eigenvalue weighted by Gasteiger charge is 2.17. The molecule has 5 nitrogen and oxygen atoms in total. The quantitative estimate of drug-likeness (QED) is 0.584. The summed E-state index contributed by atoms with van der Waals surface area (Å²) in [6.07, 6.45) is 3.43. The van der Waals surface area contributed by atoms with Gasteiger partial charge in [0.25, 0.3) is 0 Å². The van der Waals surface area contributed by atoms with Gasteiger partial charge in [-0.05, 0) is 30.3 Å². The van der Waals surface area contributed by atoms with E-state index in [9.17, 15) is 9.90 Å². The largest absolute Gasteiger partial charge is 0.506 e. The van der Waals surface area contributed by atoms with Crippen molar-refractivity contribution in [1.29, 1.82) is 0 Å². The molecule has 1 aromatic heterocycles. The number of para-hydroxylation sites is 2. The third-order valence-corrected chi connectivity index (χ3v) is 3.58. The number of rotatable bonds is 4. The molecule has 3 rings (SSSR count). The number of aromatic hydroxyl groups is 1. The van der Waals surface area contributed by atoms with Crippen LogP contribution in [0.3, 0.4) is 0 Å². The van der Waals surface area contributed by atoms with Gasteiger partial charge in [-0.25, -0.2) is 9.79 Å². The highest BCUT2D eigenvalue weighted by Crippen LogP contribution is 2.27. The minimum absolute atomic E-state index is 0.0423. The second kappa shape index (κ2) is 7.05. The zero-order valence-corrected chi connectivity index (χ0v) is 14.0. The number of aliphatic imine (C=N–C) groups is 1. The van der Waals surface area contributed by atoms with Gasteiger partial charge in [-0.1, -0.05) is 30.3 Å². The zero-order valence-electron chi connectivity index (χ0n) is 14.0. The average Bonchev–Trinajstić information content (AvgIpc) is 2.60. The molecule has 0 aliphatic carbocycles. The van der Waals surface area contributed by atoms with Crippen LogP contribution in [0.4, 0.5) is 5.69 Å². The molecule has 126 valence electrons. The van der Waals surface area contributed by atoms with Crippen LogP contribution >= 0.6 is 0 Å². The van der Waals surface area contributed by atoms with Crippen LogP contribution in [0.15, 0.2) is 81.1 Å². The summed E-state index contributed by atoms with van der Waals surface area (Å²) < 4.78 is 5.36. The first-order chi connectivity index (χ1) is 12.1. The molecule has 3 aromatic rings. The molecule has 0 fully saturated rings. The maximum atomic E-state index is 12.5. The number of fused-ring (bicyclic) bond motifs is 1. The van der Waals surface area contributed by atoms with E-state index in [2.05, 4.69) is 4.99 Å². The molecular weight excluding hydrogens is 316 g/mol. The lowest BCUT2D eigenvalue weighted by Gasteiger charge is -2.08. The van der Waals surface area contributed by atoms with Crippen molar-refractivity contribution in [3.63, 3.8) is 0 Å². The number of benzene rings is 2. The summed E-state index contributed by atoms with van der Waals surface area (Å²) >= 11 is 0. The van der Waals surface area contributed by atoms with Gasteiger partial charge in [0, 0.05) is 20.3 Å². The van der Waals surface area contributed by atoms with Crippen LogP contribution in [0.1, 0.15) is 5.56 Å². The van der Waals surface area contributed by atoms with Gasteiger partial charge in [0.2, 0.25) is 0 Å². The van der Waals surface area contributed by atoms with E-state index >= 15 is 0 Å². The molecule has 0 unspecified atom stereocenters. The van der Waals surface area contributed by atoms with Gasteiger partial charge >= 0.3 is 5.63 Å².